The maximum absolute atomic E-state index is 12.4. The van der Waals surface area contributed by atoms with Gasteiger partial charge in [-0.15, -0.1) is 0 Å². The number of hydrogen-bond donors (Lipinski definition) is 1. The Kier molecular flexibility index (Phi) is 5.45. The third-order valence-corrected chi connectivity index (χ3v) is 4.27. The number of amides is 1. The average Bonchev–Trinajstić information content (AvgIpc) is 3.03. The van der Waals surface area contributed by atoms with Crippen LogP contribution in [0.15, 0.2) is 59.2 Å². The van der Waals surface area contributed by atoms with E-state index in [-0.39, 0.29) is 18.1 Å². The summed E-state index contributed by atoms with van der Waals surface area (Å²) in [7, 11) is 1.68. The van der Waals surface area contributed by atoms with Crippen LogP contribution in [0.25, 0.3) is 11.0 Å². The minimum Gasteiger partial charge on any atom is -0.508 e. The van der Waals surface area contributed by atoms with Gasteiger partial charge < -0.3 is 19.2 Å². The monoisotopic (exact) mass is 367 g/mol. The molecule has 0 saturated carbocycles. The van der Waals surface area contributed by atoms with Crippen LogP contribution in [0.3, 0.4) is 0 Å². The van der Waals surface area contributed by atoms with Gasteiger partial charge in [0, 0.05) is 30.6 Å². The first-order valence-corrected chi connectivity index (χ1v) is 8.61. The van der Waals surface area contributed by atoms with Gasteiger partial charge in [-0.2, -0.15) is 0 Å². The fourth-order valence-corrected chi connectivity index (χ4v) is 2.90. The molecule has 0 aliphatic carbocycles. The molecule has 1 N–H and O–H groups in total. The van der Waals surface area contributed by atoms with Crippen molar-refractivity contribution in [3.8, 4) is 5.75 Å². The van der Waals surface area contributed by atoms with Gasteiger partial charge in [0.1, 0.15) is 11.3 Å². The summed E-state index contributed by atoms with van der Waals surface area (Å²) in [6.45, 7) is 2.00. The van der Waals surface area contributed by atoms with E-state index < -0.39 is 12.1 Å². The van der Waals surface area contributed by atoms with Gasteiger partial charge in [-0.3, -0.25) is 9.59 Å². The summed E-state index contributed by atoms with van der Waals surface area (Å²) in [5.41, 5.74) is 2.14. The maximum Gasteiger partial charge on any atom is 0.311 e. The highest BCUT2D eigenvalue weighted by molar-refractivity contribution is 5.88. The molecule has 0 unspecified atom stereocenters. The fourth-order valence-electron chi connectivity index (χ4n) is 2.90. The molecule has 0 bridgehead atoms. The van der Waals surface area contributed by atoms with E-state index in [1.165, 1.54) is 23.3 Å². The predicted octanol–water partition coefficient (Wildman–Crippen LogP) is 3.27. The Morgan fingerprint density at radius 1 is 1.19 bits per heavy atom. The van der Waals surface area contributed by atoms with Gasteiger partial charge in [0.25, 0.3) is 5.91 Å². The zero-order valence-corrected chi connectivity index (χ0v) is 15.2. The molecule has 1 atom stereocenters. The second kappa shape index (κ2) is 7.95. The van der Waals surface area contributed by atoms with Crippen molar-refractivity contribution in [2.75, 3.05) is 7.05 Å². The van der Waals surface area contributed by atoms with E-state index >= 15 is 0 Å². The maximum atomic E-state index is 12.4. The Hall–Kier alpha value is -3.28. The molecule has 1 amide bonds. The molecule has 6 nitrogen and oxygen atoms in total. The van der Waals surface area contributed by atoms with Gasteiger partial charge in [-0.1, -0.05) is 30.3 Å². The van der Waals surface area contributed by atoms with Crippen LogP contribution in [0.4, 0.5) is 0 Å². The largest absolute Gasteiger partial charge is 0.508 e. The first-order chi connectivity index (χ1) is 12.9. The summed E-state index contributed by atoms with van der Waals surface area (Å²) in [5.74, 6) is -0.694. The molecule has 27 heavy (non-hydrogen) atoms. The molecule has 1 heterocycles. The second-order valence-electron chi connectivity index (χ2n) is 6.43. The average molecular weight is 367 g/mol. The van der Waals surface area contributed by atoms with Crippen molar-refractivity contribution in [1.29, 1.82) is 0 Å². The van der Waals surface area contributed by atoms with E-state index in [0.29, 0.717) is 17.7 Å². The zero-order chi connectivity index (χ0) is 19.4. The molecule has 0 aliphatic heterocycles. The first-order valence-electron chi connectivity index (χ1n) is 8.61. The van der Waals surface area contributed by atoms with Crippen molar-refractivity contribution >= 4 is 22.8 Å². The number of likely N-dealkylation sites (N-methyl/N-ethyl adjacent to an activating group) is 1. The zero-order valence-electron chi connectivity index (χ0n) is 15.2. The topological polar surface area (TPSA) is 80.0 Å². The molecule has 3 aromatic rings. The molecule has 6 heteroatoms. The van der Waals surface area contributed by atoms with Crippen LogP contribution >= 0.6 is 0 Å². The summed E-state index contributed by atoms with van der Waals surface area (Å²) in [6, 6.07) is 14.3. The van der Waals surface area contributed by atoms with Gasteiger partial charge in [-0.25, -0.2) is 0 Å². The smallest absolute Gasteiger partial charge is 0.311 e. The highest BCUT2D eigenvalue weighted by atomic mass is 16.5. The Bertz CT molecular complexity index is 948. The lowest BCUT2D eigenvalue weighted by Gasteiger charge is -2.21. The van der Waals surface area contributed by atoms with E-state index in [4.69, 9.17) is 9.15 Å². The number of fused-ring (bicyclic) bond motifs is 1. The van der Waals surface area contributed by atoms with Gasteiger partial charge in [0.15, 0.2) is 6.10 Å². The van der Waals surface area contributed by atoms with Crippen molar-refractivity contribution in [1.82, 2.24) is 4.90 Å². The third-order valence-electron chi connectivity index (χ3n) is 4.27. The van der Waals surface area contributed by atoms with E-state index in [9.17, 15) is 14.7 Å². The van der Waals surface area contributed by atoms with E-state index in [0.717, 1.165) is 10.9 Å². The summed E-state index contributed by atoms with van der Waals surface area (Å²) < 4.78 is 10.6. The summed E-state index contributed by atoms with van der Waals surface area (Å²) >= 11 is 0. The van der Waals surface area contributed by atoms with E-state index in [1.807, 2.05) is 30.3 Å². The molecule has 0 radical (unpaired) electrons. The number of carbonyl (C=O) groups excluding carboxylic acids is 2. The van der Waals surface area contributed by atoms with Crippen molar-refractivity contribution in [2.24, 2.45) is 0 Å². The summed E-state index contributed by atoms with van der Waals surface area (Å²) in [6.07, 6.45) is 0.561. The van der Waals surface area contributed by atoms with Crippen LogP contribution in [0.5, 0.6) is 5.75 Å². The van der Waals surface area contributed by atoms with Gasteiger partial charge in [0.05, 0.1) is 12.7 Å². The number of hydrogen-bond acceptors (Lipinski definition) is 5. The molecule has 140 valence electrons. The summed E-state index contributed by atoms with van der Waals surface area (Å²) in [5, 5.41) is 10.2. The highest BCUT2D eigenvalue weighted by Gasteiger charge is 2.22. The lowest BCUT2D eigenvalue weighted by molar-refractivity contribution is -0.158. The quantitative estimate of drug-likeness (QED) is 0.677. The van der Waals surface area contributed by atoms with Crippen LogP contribution in [-0.4, -0.2) is 35.0 Å². The number of phenols is 1. The predicted molar refractivity (Wildman–Crippen MR) is 100 cm³/mol. The molecule has 2 aromatic carbocycles. The Morgan fingerprint density at radius 2 is 1.93 bits per heavy atom. The van der Waals surface area contributed by atoms with Crippen molar-refractivity contribution in [3.05, 3.63) is 65.9 Å². The van der Waals surface area contributed by atoms with Crippen LogP contribution in [0, 0.1) is 0 Å². The minimum absolute atomic E-state index is 0.0161. The highest BCUT2D eigenvalue weighted by Crippen LogP contribution is 2.25. The molecule has 0 saturated heterocycles. The number of rotatable bonds is 6. The molecule has 0 fully saturated rings. The molecular weight excluding hydrogens is 346 g/mol. The second-order valence-corrected chi connectivity index (χ2v) is 6.43. The molecular formula is C21H21NO5. The SMILES string of the molecule is C[C@@H](OC(=O)Cc1coc2cc(O)ccc12)C(=O)N(C)Cc1ccccc1. The van der Waals surface area contributed by atoms with Crippen LogP contribution in [-0.2, 0) is 27.3 Å². The van der Waals surface area contributed by atoms with Gasteiger partial charge in [-0.05, 0) is 24.6 Å². The van der Waals surface area contributed by atoms with Gasteiger partial charge >= 0.3 is 5.97 Å². The molecule has 1 aromatic heterocycles. The Morgan fingerprint density at radius 3 is 2.67 bits per heavy atom. The van der Waals surface area contributed by atoms with Crippen LogP contribution in [0.1, 0.15) is 18.1 Å². The number of carbonyl (C=O) groups is 2. The number of benzene rings is 2. The lowest BCUT2D eigenvalue weighted by Crippen LogP contribution is -2.37. The number of esters is 1. The molecule has 0 aliphatic rings. The van der Waals surface area contributed by atoms with E-state index in [2.05, 4.69) is 0 Å². The fraction of sp³-hybridized carbons (Fsp3) is 0.238. The summed E-state index contributed by atoms with van der Waals surface area (Å²) in [4.78, 5) is 26.2. The van der Waals surface area contributed by atoms with Crippen LogP contribution in [0.2, 0.25) is 0 Å². The normalized spacial score (nSPS) is 11.9. The standard InChI is InChI=1S/C21H21NO5/c1-14(21(25)22(2)12-15-6-4-3-5-7-15)27-20(24)10-16-13-26-19-11-17(23)8-9-18(16)19/h3-9,11,13-14,23H,10,12H2,1-2H3/t14-/m1/s1. The number of nitrogens with zero attached hydrogens (tertiary/aromatic N) is 1. The lowest BCUT2D eigenvalue weighted by atomic mass is 10.1. The van der Waals surface area contributed by atoms with Crippen LogP contribution < -0.4 is 0 Å². The molecule has 3 rings (SSSR count). The first kappa shape index (κ1) is 18.5. The van der Waals surface area contributed by atoms with Gasteiger partial charge in [0.2, 0.25) is 0 Å². The number of phenolic OH excluding ortho intramolecular Hbond substituents is 1. The number of aromatic hydroxyl groups is 1. The van der Waals surface area contributed by atoms with E-state index in [1.54, 1.807) is 20.0 Å². The molecule has 0 spiro atoms. The van der Waals surface area contributed by atoms with Crippen molar-refractivity contribution in [2.45, 2.75) is 26.0 Å². The number of ether oxygens (including phenoxy) is 1. The minimum atomic E-state index is -0.881. The van der Waals surface area contributed by atoms with Crippen molar-refractivity contribution in [3.63, 3.8) is 0 Å². The van der Waals surface area contributed by atoms with Crippen molar-refractivity contribution < 1.29 is 23.8 Å². The Labute approximate surface area is 157 Å². The number of furan rings is 1. The third kappa shape index (κ3) is 4.47. The Balaban J connectivity index is 1.58.